The summed E-state index contributed by atoms with van der Waals surface area (Å²) in [6.45, 7) is 5.08. The molecule has 0 saturated heterocycles. The Morgan fingerprint density at radius 2 is 2.11 bits per heavy atom. The van der Waals surface area contributed by atoms with E-state index in [0.29, 0.717) is 24.3 Å². The van der Waals surface area contributed by atoms with Crippen molar-refractivity contribution >= 4 is 17.7 Å². The molecule has 1 amide bonds. The summed E-state index contributed by atoms with van der Waals surface area (Å²) in [6.07, 6.45) is 8.30. The third-order valence-electron chi connectivity index (χ3n) is 3.95. The minimum atomic E-state index is 0.181. The standard InChI is InChI=1S/C14H28N2OS/c1-14(2,9-10-15)8-7-13(17)16-11-5-4-6-12(11)18-3/h11-12H,4-10,15H2,1-3H3,(H,16,17). The van der Waals surface area contributed by atoms with Crippen molar-refractivity contribution in [1.29, 1.82) is 0 Å². The summed E-state index contributed by atoms with van der Waals surface area (Å²) in [5, 5.41) is 3.82. The molecule has 0 aromatic carbocycles. The van der Waals surface area contributed by atoms with Crippen LogP contribution >= 0.6 is 11.8 Å². The lowest BCUT2D eigenvalue weighted by atomic mass is 9.84. The molecule has 0 aromatic heterocycles. The van der Waals surface area contributed by atoms with Crippen molar-refractivity contribution in [3.8, 4) is 0 Å². The molecule has 3 nitrogen and oxygen atoms in total. The summed E-state index contributed by atoms with van der Waals surface area (Å²) in [4.78, 5) is 12.0. The van der Waals surface area contributed by atoms with Gasteiger partial charge in [0.05, 0.1) is 0 Å². The van der Waals surface area contributed by atoms with Gasteiger partial charge in [-0.25, -0.2) is 0 Å². The van der Waals surface area contributed by atoms with Crippen molar-refractivity contribution in [2.45, 2.75) is 63.7 Å². The first-order valence-electron chi connectivity index (χ1n) is 7.01. The molecular formula is C14H28N2OS. The first-order valence-corrected chi connectivity index (χ1v) is 8.29. The van der Waals surface area contributed by atoms with Crippen LogP contribution in [0.2, 0.25) is 0 Å². The van der Waals surface area contributed by atoms with Crippen LogP contribution in [-0.4, -0.2) is 30.0 Å². The fourth-order valence-electron chi connectivity index (χ4n) is 2.62. The zero-order valence-corrected chi connectivity index (χ0v) is 12.8. The Morgan fingerprint density at radius 1 is 1.39 bits per heavy atom. The summed E-state index contributed by atoms with van der Waals surface area (Å²) in [6, 6.07) is 0.394. The Labute approximate surface area is 116 Å². The SMILES string of the molecule is CSC1CCCC1NC(=O)CCC(C)(C)CCN. The van der Waals surface area contributed by atoms with Gasteiger partial charge in [0, 0.05) is 17.7 Å². The largest absolute Gasteiger partial charge is 0.352 e. The molecule has 0 bridgehead atoms. The lowest BCUT2D eigenvalue weighted by molar-refractivity contribution is -0.122. The van der Waals surface area contributed by atoms with Crippen LogP contribution in [0.4, 0.5) is 0 Å². The maximum absolute atomic E-state index is 12.0. The van der Waals surface area contributed by atoms with Crippen molar-refractivity contribution in [3.05, 3.63) is 0 Å². The van der Waals surface area contributed by atoms with Gasteiger partial charge in [0.25, 0.3) is 0 Å². The Morgan fingerprint density at radius 3 is 2.72 bits per heavy atom. The maximum Gasteiger partial charge on any atom is 0.220 e. The molecule has 106 valence electrons. The van der Waals surface area contributed by atoms with Gasteiger partial charge in [0.1, 0.15) is 0 Å². The number of nitrogens with one attached hydrogen (secondary N) is 1. The van der Waals surface area contributed by atoms with Crippen LogP contribution in [0.5, 0.6) is 0 Å². The average Bonchev–Trinajstić information content (AvgIpc) is 2.74. The normalized spacial score (nSPS) is 24.2. The van der Waals surface area contributed by atoms with Crippen LogP contribution < -0.4 is 11.1 Å². The third kappa shape index (κ3) is 5.19. The van der Waals surface area contributed by atoms with Crippen molar-refractivity contribution in [2.75, 3.05) is 12.8 Å². The molecule has 2 unspecified atom stereocenters. The predicted octanol–water partition coefficient (Wildman–Crippen LogP) is 2.54. The van der Waals surface area contributed by atoms with Crippen molar-refractivity contribution < 1.29 is 4.79 Å². The molecule has 1 rings (SSSR count). The van der Waals surface area contributed by atoms with Crippen molar-refractivity contribution in [3.63, 3.8) is 0 Å². The number of thioether (sulfide) groups is 1. The molecule has 18 heavy (non-hydrogen) atoms. The number of hydrogen-bond acceptors (Lipinski definition) is 3. The van der Waals surface area contributed by atoms with Crippen molar-refractivity contribution in [2.24, 2.45) is 11.1 Å². The molecule has 1 aliphatic rings. The average molecular weight is 272 g/mol. The lowest BCUT2D eigenvalue weighted by Gasteiger charge is -2.24. The molecule has 0 heterocycles. The Kier molecular flexibility index (Phi) is 6.50. The van der Waals surface area contributed by atoms with E-state index in [4.69, 9.17) is 5.73 Å². The van der Waals surface area contributed by atoms with E-state index >= 15 is 0 Å². The van der Waals surface area contributed by atoms with Gasteiger partial charge in [-0.1, -0.05) is 20.3 Å². The highest BCUT2D eigenvalue weighted by atomic mass is 32.2. The number of amides is 1. The summed E-state index contributed by atoms with van der Waals surface area (Å²) >= 11 is 1.88. The minimum absolute atomic E-state index is 0.181. The first kappa shape index (κ1) is 15.8. The van der Waals surface area contributed by atoms with Crippen LogP contribution in [0.3, 0.4) is 0 Å². The smallest absolute Gasteiger partial charge is 0.220 e. The van der Waals surface area contributed by atoms with E-state index in [2.05, 4.69) is 25.4 Å². The molecular weight excluding hydrogens is 244 g/mol. The highest BCUT2D eigenvalue weighted by Crippen LogP contribution is 2.29. The lowest BCUT2D eigenvalue weighted by Crippen LogP contribution is -2.39. The predicted molar refractivity (Wildman–Crippen MR) is 79.8 cm³/mol. The highest BCUT2D eigenvalue weighted by Gasteiger charge is 2.28. The molecule has 0 aromatic rings. The summed E-state index contributed by atoms with van der Waals surface area (Å²) in [5.74, 6) is 0.214. The number of carbonyl (C=O) groups is 1. The van der Waals surface area contributed by atoms with E-state index in [1.165, 1.54) is 12.8 Å². The second-order valence-corrected chi connectivity index (χ2v) is 7.16. The second kappa shape index (κ2) is 7.39. The number of nitrogens with two attached hydrogens (primary N) is 1. The van der Waals surface area contributed by atoms with Gasteiger partial charge in [0.2, 0.25) is 5.91 Å². The van der Waals surface area contributed by atoms with Gasteiger partial charge >= 0.3 is 0 Å². The molecule has 0 spiro atoms. The van der Waals surface area contributed by atoms with Crippen LogP contribution in [0.15, 0.2) is 0 Å². The third-order valence-corrected chi connectivity index (χ3v) is 5.12. The monoisotopic (exact) mass is 272 g/mol. The number of rotatable bonds is 7. The Hall–Kier alpha value is -0.220. The zero-order valence-electron chi connectivity index (χ0n) is 12.0. The van der Waals surface area contributed by atoms with Crippen LogP contribution in [0.1, 0.15) is 52.4 Å². The van der Waals surface area contributed by atoms with E-state index in [0.717, 1.165) is 19.3 Å². The molecule has 3 N–H and O–H groups in total. The van der Waals surface area contributed by atoms with E-state index in [1.54, 1.807) is 0 Å². The fourth-order valence-corrected chi connectivity index (χ4v) is 3.55. The minimum Gasteiger partial charge on any atom is -0.352 e. The van der Waals surface area contributed by atoms with Crippen molar-refractivity contribution in [1.82, 2.24) is 5.32 Å². The van der Waals surface area contributed by atoms with Crippen LogP contribution in [0, 0.1) is 5.41 Å². The molecule has 4 heteroatoms. The number of hydrogen-bond donors (Lipinski definition) is 2. The second-order valence-electron chi connectivity index (χ2n) is 6.08. The molecule has 1 fully saturated rings. The molecule has 1 saturated carbocycles. The molecule has 0 aliphatic heterocycles. The molecule has 0 radical (unpaired) electrons. The van der Waals surface area contributed by atoms with Gasteiger partial charge < -0.3 is 11.1 Å². The van der Waals surface area contributed by atoms with E-state index in [1.807, 2.05) is 11.8 Å². The molecule has 1 aliphatic carbocycles. The summed E-state index contributed by atoms with van der Waals surface area (Å²) in [7, 11) is 0. The Balaban J connectivity index is 2.29. The van der Waals surface area contributed by atoms with E-state index in [9.17, 15) is 4.79 Å². The van der Waals surface area contributed by atoms with Gasteiger partial charge in [-0.15, -0.1) is 0 Å². The van der Waals surface area contributed by atoms with Gasteiger partial charge in [0.15, 0.2) is 0 Å². The van der Waals surface area contributed by atoms with Gasteiger partial charge in [-0.2, -0.15) is 11.8 Å². The Bertz CT molecular complexity index is 269. The summed E-state index contributed by atoms with van der Waals surface area (Å²) < 4.78 is 0. The topological polar surface area (TPSA) is 55.1 Å². The van der Waals surface area contributed by atoms with Gasteiger partial charge in [-0.05, 0) is 43.9 Å². The maximum atomic E-state index is 12.0. The fraction of sp³-hybridized carbons (Fsp3) is 0.929. The molecule has 2 atom stereocenters. The zero-order chi connectivity index (χ0) is 13.6. The van der Waals surface area contributed by atoms with Gasteiger partial charge in [-0.3, -0.25) is 4.79 Å². The first-order chi connectivity index (χ1) is 8.48. The van der Waals surface area contributed by atoms with E-state index in [-0.39, 0.29) is 11.3 Å². The van der Waals surface area contributed by atoms with E-state index < -0.39 is 0 Å². The van der Waals surface area contributed by atoms with Crippen LogP contribution in [0.25, 0.3) is 0 Å². The summed E-state index contributed by atoms with van der Waals surface area (Å²) in [5.41, 5.74) is 5.77. The van der Waals surface area contributed by atoms with Crippen LogP contribution in [-0.2, 0) is 4.79 Å². The quantitative estimate of drug-likeness (QED) is 0.749. The number of carbonyl (C=O) groups excluding carboxylic acids is 1. The highest BCUT2D eigenvalue weighted by molar-refractivity contribution is 7.99.